The summed E-state index contributed by atoms with van der Waals surface area (Å²) in [5.74, 6) is 0.0408. The molecule has 0 aliphatic heterocycles. The van der Waals surface area contributed by atoms with Gasteiger partial charge in [0.25, 0.3) is 0 Å². The van der Waals surface area contributed by atoms with Crippen LogP contribution in [0.5, 0.6) is 23.0 Å². The Bertz CT molecular complexity index is 1700. The van der Waals surface area contributed by atoms with Crippen LogP contribution in [0.4, 0.5) is 0 Å². The molecule has 34 heavy (non-hydrogen) atoms. The SMILES string of the molecule is Cc1cc(O)cc2oc3c(-c4c(O)cc(C)c5c4oc4cc(O)cc(C)c45)c(O)cc(C)c3c12. The van der Waals surface area contributed by atoms with E-state index in [0.29, 0.717) is 33.5 Å². The first-order valence-corrected chi connectivity index (χ1v) is 10.9. The van der Waals surface area contributed by atoms with E-state index < -0.39 is 0 Å². The molecule has 4 aromatic carbocycles. The number of hydrogen-bond acceptors (Lipinski definition) is 6. The quantitative estimate of drug-likeness (QED) is 0.209. The van der Waals surface area contributed by atoms with E-state index >= 15 is 0 Å². The fourth-order valence-corrected chi connectivity index (χ4v) is 5.34. The highest BCUT2D eigenvalue weighted by Crippen LogP contribution is 2.51. The fraction of sp³-hybridized carbons (Fsp3) is 0.143. The molecular formula is C28H22O6. The molecule has 0 bridgehead atoms. The number of phenols is 4. The zero-order chi connectivity index (χ0) is 24.0. The minimum Gasteiger partial charge on any atom is -0.508 e. The highest BCUT2D eigenvalue weighted by Gasteiger charge is 2.27. The van der Waals surface area contributed by atoms with Crippen LogP contribution in [0.3, 0.4) is 0 Å². The summed E-state index contributed by atoms with van der Waals surface area (Å²) in [5.41, 5.74) is 5.63. The predicted molar refractivity (Wildman–Crippen MR) is 132 cm³/mol. The normalized spacial score (nSPS) is 12.0. The van der Waals surface area contributed by atoms with E-state index in [1.54, 1.807) is 36.4 Å². The first kappa shape index (κ1) is 20.3. The smallest absolute Gasteiger partial charge is 0.147 e. The summed E-state index contributed by atoms with van der Waals surface area (Å²) in [5, 5.41) is 45.7. The Kier molecular flexibility index (Phi) is 3.94. The molecule has 6 aromatic rings. The molecule has 0 atom stereocenters. The minimum atomic E-state index is -0.0635. The summed E-state index contributed by atoms with van der Waals surface area (Å²) in [7, 11) is 0. The molecule has 0 spiro atoms. The van der Waals surface area contributed by atoms with Crippen molar-refractivity contribution in [3.05, 3.63) is 58.7 Å². The lowest BCUT2D eigenvalue weighted by Gasteiger charge is -2.12. The molecule has 0 radical (unpaired) electrons. The molecule has 2 aromatic heterocycles. The summed E-state index contributed by atoms with van der Waals surface area (Å²) < 4.78 is 12.4. The Labute approximate surface area is 193 Å². The van der Waals surface area contributed by atoms with Crippen molar-refractivity contribution in [2.75, 3.05) is 0 Å². The van der Waals surface area contributed by atoms with Gasteiger partial charge in [-0.05, 0) is 74.2 Å². The zero-order valence-electron chi connectivity index (χ0n) is 19.1. The van der Waals surface area contributed by atoms with Gasteiger partial charge < -0.3 is 29.3 Å². The largest absolute Gasteiger partial charge is 0.508 e. The molecule has 6 heteroatoms. The Hall–Kier alpha value is -4.32. The van der Waals surface area contributed by atoms with Crippen LogP contribution < -0.4 is 0 Å². The summed E-state index contributed by atoms with van der Waals surface area (Å²) in [6.07, 6.45) is 0. The highest BCUT2D eigenvalue weighted by molar-refractivity contribution is 6.19. The second-order valence-electron chi connectivity index (χ2n) is 9.06. The van der Waals surface area contributed by atoms with E-state index in [1.165, 1.54) is 0 Å². The molecular weight excluding hydrogens is 432 g/mol. The maximum absolute atomic E-state index is 11.1. The maximum atomic E-state index is 11.1. The van der Waals surface area contributed by atoms with E-state index in [-0.39, 0.29) is 23.0 Å². The molecule has 0 amide bonds. The van der Waals surface area contributed by atoms with E-state index in [4.69, 9.17) is 8.83 Å². The molecule has 6 nitrogen and oxygen atoms in total. The first-order valence-electron chi connectivity index (χ1n) is 10.9. The number of aryl methyl sites for hydroxylation is 4. The van der Waals surface area contributed by atoms with Crippen molar-refractivity contribution in [1.29, 1.82) is 0 Å². The van der Waals surface area contributed by atoms with Gasteiger partial charge in [0, 0.05) is 33.7 Å². The van der Waals surface area contributed by atoms with Crippen LogP contribution in [0, 0.1) is 27.7 Å². The summed E-state index contributed by atoms with van der Waals surface area (Å²) >= 11 is 0. The number of aromatic hydroxyl groups is 4. The average Bonchev–Trinajstić information content (AvgIpc) is 3.29. The third-order valence-corrected chi connectivity index (χ3v) is 6.66. The molecule has 0 aliphatic carbocycles. The van der Waals surface area contributed by atoms with E-state index in [1.807, 2.05) is 27.7 Å². The van der Waals surface area contributed by atoms with Crippen LogP contribution in [0.15, 0.2) is 45.2 Å². The number of furan rings is 2. The molecule has 170 valence electrons. The lowest BCUT2D eigenvalue weighted by Crippen LogP contribution is -1.88. The summed E-state index contributed by atoms with van der Waals surface area (Å²) in [6.45, 7) is 7.54. The van der Waals surface area contributed by atoms with Gasteiger partial charge in [0.2, 0.25) is 0 Å². The van der Waals surface area contributed by atoms with Crippen LogP contribution >= 0.6 is 0 Å². The van der Waals surface area contributed by atoms with Gasteiger partial charge in [0.1, 0.15) is 45.3 Å². The number of fused-ring (bicyclic) bond motifs is 6. The Morgan fingerprint density at radius 3 is 1.21 bits per heavy atom. The standard InChI is InChI=1S/C28H22O6/c1-11-5-15(29)9-19-21(11)23-13(3)7-17(31)25(27(23)33-19)26-18(32)8-14(4)24-22-12(2)6-16(30)10-20(22)34-28(24)26/h5-10,29-32H,1-4H3. The number of phenolic OH excluding ortho intramolecular Hbond substituents is 4. The molecule has 0 unspecified atom stereocenters. The average molecular weight is 454 g/mol. The Balaban J connectivity index is 1.85. The Morgan fingerprint density at radius 2 is 0.824 bits per heavy atom. The molecule has 6 rings (SSSR count). The van der Waals surface area contributed by atoms with Crippen molar-refractivity contribution >= 4 is 43.9 Å². The molecule has 0 saturated carbocycles. The Morgan fingerprint density at radius 1 is 0.471 bits per heavy atom. The molecule has 0 saturated heterocycles. The van der Waals surface area contributed by atoms with Crippen molar-refractivity contribution in [3.8, 4) is 34.1 Å². The molecule has 0 aliphatic rings. The lowest BCUT2D eigenvalue weighted by molar-refractivity contribution is 0.467. The third-order valence-electron chi connectivity index (χ3n) is 6.66. The highest BCUT2D eigenvalue weighted by atomic mass is 16.3. The van der Waals surface area contributed by atoms with Crippen molar-refractivity contribution in [2.45, 2.75) is 27.7 Å². The molecule has 2 heterocycles. The first-order chi connectivity index (χ1) is 16.2. The van der Waals surface area contributed by atoms with E-state index in [0.717, 1.165) is 43.8 Å². The fourth-order valence-electron chi connectivity index (χ4n) is 5.34. The van der Waals surface area contributed by atoms with Gasteiger partial charge in [-0.1, -0.05) is 0 Å². The van der Waals surface area contributed by atoms with Gasteiger partial charge in [-0.2, -0.15) is 0 Å². The van der Waals surface area contributed by atoms with Gasteiger partial charge in [0.05, 0.1) is 11.1 Å². The number of benzene rings is 4. The van der Waals surface area contributed by atoms with Gasteiger partial charge in [-0.15, -0.1) is 0 Å². The summed E-state index contributed by atoms with van der Waals surface area (Å²) in [6, 6.07) is 9.70. The second kappa shape index (κ2) is 6.60. The van der Waals surface area contributed by atoms with Crippen LogP contribution in [0.25, 0.3) is 55.0 Å². The van der Waals surface area contributed by atoms with E-state index in [2.05, 4.69) is 0 Å². The third kappa shape index (κ3) is 2.56. The zero-order valence-corrected chi connectivity index (χ0v) is 19.1. The number of hydrogen-bond donors (Lipinski definition) is 4. The van der Waals surface area contributed by atoms with Crippen LogP contribution in [0.2, 0.25) is 0 Å². The molecule has 4 N–H and O–H groups in total. The lowest BCUT2D eigenvalue weighted by atomic mass is 9.93. The predicted octanol–water partition coefficient (Wildman–Crippen LogP) is 7.21. The van der Waals surface area contributed by atoms with E-state index in [9.17, 15) is 20.4 Å². The minimum absolute atomic E-state index is 0.0635. The van der Waals surface area contributed by atoms with Gasteiger partial charge >= 0.3 is 0 Å². The topological polar surface area (TPSA) is 107 Å². The monoisotopic (exact) mass is 454 g/mol. The van der Waals surface area contributed by atoms with Gasteiger partial charge in [-0.3, -0.25) is 0 Å². The maximum Gasteiger partial charge on any atom is 0.147 e. The van der Waals surface area contributed by atoms with Crippen molar-refractivity contribution in [3.63, 3.8) is 0 Å². The summed E-state index contributed by atoms with van der Waals surface area (Å²) in [4.78, 5) is 0. The van der Waals surface area contributed by atoms with Crippen LogP contribution in [0.1, 0.15) is 22.3 Å². The second-order valence-corrected chi connectivity index (χ2v) is 9.06. The number of rotatable bonds is 1. The van der Waals surface area contributed by atoms with Crippen LogP contribution in [-0.2, 0) is 0 Å². The van der Waals surface area contributed by atoms with Crippen molar-refractivity contribution < 1.29 is 29.3 Å². The van der Waals surface area contributed by atoms with Crippen molar-refractivity contribution in [2.24, 2.45) is 0 Å². The van der Waals surface area contributed by atoms with Gasteiger partial charge in [-0.25, -0.2) is 0 Å². The van der Waals surface area contributed by atoms with Crippen molar-refractivity contribution in [1.82, 2.24) is 0 Å². The van der Waals surface area contributed by atoms with Crippen LogP contribution in [-0.4, -0.2) is 20.4 Å². The van der Waals surface area contributed by atoms with Gasteiger partial charge in [0.15, 0.2) is 0 Å². The molecule has 0 fully saturated rings.